The Kier molecular flexibility index (Phi) is 5.94. The molecule has 1 aliphatic heterocycles. The highest BCUT2D eigenvalue weighted by atomic mass is 16.5. The van der Waals surface area contributed by atoms with Gasteiger partial charge in [0.1, 0.15) is 6.42 Å². The number of aromatic nitrogens is 1. The second-order valence-corrected chi connectivity index (χ2v) is 5.53. The number of nitrogens with one attached hydrogen (secondary N) is 1. The number of nitrogens with zero attached hydrogens (tertiary/aromatic N) is 1. The molecule has 0 aliphatic carbocycles. The summed E-state index contributed by atoms with van der Waals surface area (Å²) in [5, 5.41) is 32.7. The van der Waals surface area contributed by atoms with Crippen LogP contribution in [0.3, 0.4) is 0 Å². The van der Waals surface area contributed by atoms with Gasteiger partial charge in [-0.3, -0.25) is 9.59 Å². The number of hydrogen-bond acceptors (Lipinski definition) is 5. The minimum atomic E-state index is -1.18. The summed E-state index contributed by atoms with van der Waals surface area (Å²) >= 11 is 0. The lowest BCUT2D eigenvalue weighted by molar-refractivity contribution is -0.613. The van der Waals surface area contributed by atoms with Crippen molar-refractivity contribution in [2.75, 3.05) is 0 Å². The lowest BCUT2D eigenvalue weighted by Crippen LogP contribution is -2.53. The summed E-state index contributed by atoms with van der Waals surface area (Å²) in [6, 6.07) is 4.80. The number of carboxylic acids is 1. The average Bonchev–Trinajstić information content (AvgIpc) is 2.50. The molecule has 3 N–H and O–H groups in total. The third kappa shape index (κ3) is 5.22. The van der Waals surface area contributed by atoms with Crippen LogP contribution in [0.5, 0.6) is 0 Å². The first-order chi connectivity index (χ1) is 11.0. The number of amides is 1. The number of hydrogen-bond donors (Lipinski definition) is 3. The smallest absolute Gasteiger partial charge is 0.478 e. The molecule has 0 spiro atoms. The van der Waals surface area contributed by atoms with Gasteiger partial charge in [-0.15, -0.1) is 0 Å². The molecule has 23 heavy (non-hydrogen) atoms. The molecule has 0 radical (unpaired) electrons. The molecule has 0 saturated carbocycles. The summed E-state index contributed by atoms with van der Waals surface area (Å²) in [4.78, 5) is 22.5. The first-order valence-corrected chi connectivity index (χ1v) is 7.47. The van der Waals surface area contributed by atoms with Crippen LogP contribution in [-0.2, 0) is 20.7 Å². The normalized spacial score (nSPS) is 21.0. The molecule has 8 nitrogen and oxygen atoms in total. The van der Waals surface area contributed by atoms with E-state index >= 15 is 0 Å². The SMILES string of the molecule is O=C(O)CC[C@@H]1CC[C@H](NC(=O)Cc2cccc[n+]2[O-])B(O)O1. The van der Waals surface area contributed by atoms with Gasteiger partial charge in [-0.1, -0.05) is 0 Å². The number of carboxylic acid groups (broad SMARTS) is 1. The van der Waals surface area contributed by atoms with Crippen molar-refractivity contribution in [3.05, 3.63) is 35.3 Å². The Balaban J connectivity index is 1.81. The number of rotatable bonds is 6. The quantitative estimate of drug-likeness (QED) is 0.365. The Morgan fingerprint density at radius 3 is 2.87 bits per heavy atom. The highest BCUT2D eigenvalue weighted by Crippen LogP contribution is 2.19. The van der Waals surface area contributed by atoms with Crippen molar-refractivity contribution in [3.63, 3.8) is 0 Å². The van der Waals surface area contributed by atoms with Crippen molar-refractivity contribution in [1.29, 1.82) is 0 Å². The summed E-state index contributed by atoms with van der Waals surface area (Å²) in [5.74, 6) is -1.85. The molecule has 1 amide bonds. The number of pyridine rings is 1. The number of carbonyl (C=O) groups excluding carboxylic acids is 1. The zero-order chi connectivity index (χ0) is 16.8. The van der Waals surface area contributed by atoms with E-state index in [2.05, 4.69) is 5.32 Å². The van der Waals surface area contributed by atoms with Gasteiger partial charge in [0.15, 0.2) is 6.20 Å². The molecule has 1 fully saturated rings. The van der Waals surface area contributed by atoms with E-state index in [0.717, 1.165) is 0 Å². The average molecular weight is 322 g/mol. The van der Waals surface area contributed by atoms with Crippen LogP contribution in [0.4, 0.5) is 0 Å². The van der Waals surface area contributed by atoms with E-state index in [1.165, 1.54) is 6.20 Å². The Morgan fingerprint density at radius 1 is 1.43 bits per heavy atom. The summed E-state index contributed by atoms with van der Waals surface area (Å²) < 4.78 is 5.96. The van der Waals surface area contributed by atoms with Gasteiger partial charge in [0.05, 0.1) is 5.94 Å². The Morgan fingerprint density at radius 2 is 2.22 bits per heavy atom. The van der Waals surface area contributed by atoms with Crippen molar-refractivity contribution in [1.82, 2.24) is 5.32 Å². The van der Waals surface area contributed by atoms with E-state index in [9.17, 15) is 19.8 Å². The van der Waals surface area contributed by atoms with Crippen LogP contribution in [0.25, 0.3) is 0 Å². The molecule has 2 heterocycles. The zero-order valence-corrected chi connectivity index (χ0v) is 12.6. The third-order valence-electron chi connectivity index (χ3n) is 3.75. The van der Waals surface area contributed by atoms with Gasteiger partial charge in [0, 0.05) is 24.7 Å². The molecule has 9 heteroatoms. The summed E-state index contributed by atoms with van der Waals surface area (Å²) in [5.41, 5.74) is 0.315. The standard InChI is InChI=1S/C14H19BN2O6/c18-13(9-10-3-1-2-8-17(10)22)16-12-6-4-11(23-15(12)21)5-7-14(19)20/h1-3,8,11-12,21H,4-7,9H2,(H,16,18)(H,19,20)/t11-,12-/m0/s1. The first-order valence-electron chi connectivity index (χ1n) is 7.47. The molecule has 0 aromatic carbocycles. The Labute approximate surface area is 133 Å². The molecule has 1 aliphatic rings. The largest absolute Gasteiger partial charge is 0.618 e. The highest BCUT2D eigenvalue weighted by molar-refractivity contribution is 6.45. The fourth-order valence-corrected chi connectivity index (χ4v) is 2.53. The zero-order valence-electron chi connectivity index (χ0n) is 12.6. The lowest BCUT2D eigenvalue weighted by Gasteiger charge is -2.31. The predicted molar refractivity (Wildman–Crippen MR) is 80.0 cm³/mol. The second-order valence-electron chi connectivity index (χ2n) is 5.53. The van der Waals surface area contributed by atoms with E-state index in [1.807, 2.05) is 0 Å². The molecular formula is C14H19BN2O6. The van der Waals surface area contributed by atoms with Crippen molar-refractivity contribution in [3.8, 4) is 0 Å². The van der Waals surface area contributed by atoms with Crippen molar-refractivity contribution < 1.29 is 29.1 Å². The van der Waals surface area contributed by atoms with Crippen LogP contribution in [0.2, 0.25) is 0 Å². The fraction of sp³-hybridized carbons (Fsp3) is 0.500. The maximum atomic E-state index is 12.0. The van der Waals surface area contributed by atoms with E-state index in [-0.39, 0.29) is 24.9 Å². The van der Waals surface area contributed by atoms with Crippen LogP contribution in [0.1, 0.15) is 31.4 Å². The number of carbonyl (C=O) groups is 2. The van der Waals surface area contributed by atoms with Crippen LogP contribution < -0.4 is 10.0 Å². The fourth-order valence-electron chi connectivity index (χ4n) is 2.53. The van der Waals surface area contributed by atoms with Gasteiger partial charge in [-0.2, -0.15) is 4.73 Å². The molecule has 0 bridgehead atoms. The molecule has 0 unspecified atom stereocenters. The van der Waals surface area contributed by atoms with Gasteiger partial charge >= 0.3 is 13.1 Å². The van der Waals surface area contributed by atoms with E-state index in [0.29, 0.717) is 29.7 Å². The highest BCUT2D eigenvalue weighted by Gasteiger charge is 2.36. The van der Waals surface area contributed by atoms with Crippen LogP contribution in [0, 0.1) is 5.21 Å². The van der Waals surface area contributed by atoms with Crippen molar-refractivity contribution >= 4 is 19.0 Å². The molecular weight excluding hydrogens is 303 g/mol. The monoisotopic (exact) mass is 322 g/mol. The second kappa shape index (κ2) is 7.93. The Bertz CT molecular complexity index is 570. The molecule has 1 aromatic heterocycles. The topological polar surface area (TPSA) is 123 Å². The summed E-state index contributed by atoms with van der Waals surface area (Å²) in [6.45, 7) is 0. The molecule has 2 rings (SSSR count). The Hall–Kier alpha value is -2.13. The molecule has 124 valence electrons. The van der Waals surface area contributed by atoms with Crippen LogP contribution in [0.15, 0.2) is 24.4 Å². The first kappa shape index (κ1) is 17.2. The maximum absolute atomic E-state index is 12.0. The molecule has 2 atom stereocenters. The maximum Gasteiger partial charge on any atom is 0.478 e. The minimum Gasteiger partial charge on any atom is -0.618 e. The van der Waals surface area contributed by atoms with Gasteiger partial charge in [-0.25, -0.2) is 0 Å². The minimum absolute atomic E-state index is 0.0219. The van der Waals surface area contributed by atoms with Crippen molar-refractivity contribution in [2.45, 2.75) is 44.1 Å². The van der Waals surface area contributed by atoms with Gasteiger partial charge in [0.25, 0.3) is 0 Å². The van der Waals surface area contributed by atoms with Crippen LogP contribution >= 0.6 is 0 Å². The lowest BCUT2D eigenvalue weighted by atomic mass is 9.72. The van der Waals surface area contributed by atoms with Gasteiger partial charge in [0.2, 0.25) is 11.6 Å². The van der Waals surface area contributed by atoms with Gasteiger partial charge < -0.3 is 25.3 Å². The van der Waals surface area contributed by atoms with E-state index in [1.54, 1.807) is 18.2 Å². The summed E-state index contributed by atoms with van der Waals surface area (Å²) in [7, 11) is -1.18. The summed E-state index contributed by atoms with van der Waals surface area (Å²) in [6.07, 6.45) is 2.25. The molecule has 1 saturated heterocycles. The van der Waals surface area contributed by atoms with E-state index in [4.69, 9.17) is 9.76 Å². The van der Waals surface area contributed by atoms with E-state index < -0.39 is 19.0 Å². The van der Waals surface area contributed by atoms with Crippen LogP contribution in [-0.4, -0.2) is 41.2 Å². The van der Waals surface area contributed by atoms with Crippen molar-refractivity contribution in [2.24, 2.45) is 0 Å². The predicted octanol–water partition coefficient (Wildman–Crippen LogP) is -0.589. The van der Waals surface area contributed by atoms with Gasteiger partial charge in [-0.05, 0) is 25.3 Å². The third-order valence-corrected chi connectivity index (χ3v) is 3.75. The number of aliphatic carboxylic acids is 1. The molecule has 1 aromatic rings.